The van der Waals surface area contributed by atoms with Gasteiger partial charge in [0.1, 0.15) is 0 Å². The molecule has 0 spiro atoms. The van der Waals surface area contributed by atoms with E-state index in [1.54, 1.807) is 6.92 Å². The van der Waals surface area contributed by atoms with Crippen LogP contribution < -0.4 is 5.73 Å². The minimum Gasteiger partial charge on any atom is -0.388 e. The summed E-state index contributed by atoms with van der Waals surface area (Å²) in [7, 11) is -2.86. The average molecular weight is 190 g/mol. The molecule has 1 atom stereocenters. The van der Waals surface area contributed by atoms with Crippen molar-refractivity contribution in [2.45, 2.75) is 25.8 Å². The van der Waals surface area contributed by atoms with Crippen molar-refractivity contribution in [3.05, 3.63) is 0 Å². The molecule has 0 aromatic carbocycles. The Morgan fingerprint density at radius 1 is 1.58 bits per heavy atom. The van der Waals surface area contributed by atoms with Gasteiger partial charge in [0.2, 0.25) is 0 Å². The van der Waals surface area contributed by atoms with E-state index < -0.39 is 15.4 Å². The Kier molecular flexibility index (Phi) is 2.16. The van der Waals surface area contributed by atoms with Crippen LogP contribution in [0.2, 0.25) is 0 Å². The first kappa shape index (κ1) is 9.51. The molecule has 1 fully saturated rings. The van der Waals surface area contributed by atoms with Gasteiger partial charge in [0, 0.05) is 0 Å². The molecule has 0 aromatic rings. The van der Waals surface area contributed by atoms with Gasteiger partial charge in [-0.25, -0.2) is 8.42 Å². The first-order valence-corrected chi connectivity index (χ1v) is 5.68. The van der Waals surface area contributed by atoms with Crippen LogP contribution in [0.3, 0.4) is 0 Å². The standard InChI is InChI=1S/C7H14N2O2S/c1-6(8)9-7(2)3-4-12(10,11)5-7/h3-5H2,1-2H3,(H2,8,9). The number of hydrogen-bond donors (Lipinski definition) is 1. The van der Waals surface area contributed by atoms with Gasteiger partial charge in [0.25, 0.3) is 0 Å². The molecule has 0 bridgehead atoms. The van der Waals surface area contributed by atoms with Crippen molar-refractivity contribution in [1.82, 2.24) is 0 Å². The minimum absolute atomic E-state index is 0.133. The van der Waals surface area contributed by atoms with Gasteiger partial charge in [-0.05, 0) is 20.3 Å². The van der Waals surface area contributed by atoms with E-state index in [-0.39, 0.29) is 11.5 Å². The van der Waals surface area contributed by atoms with Crippen molar-refractivity contribution in [1.29, 1.82) is 0 Å². The molecule has 0 amide bonds. The summed E-state index contributed by atoms with van der Waals surface area (Å²) in [6.45, 7) is 3.50. The van der Waals surface area contributed by atoms with Crippen molar-refractivity contribution in [3.63, 3.8) is 0 Å². The Bertz CT molecular complexity index is 303. The predicted octanol–water partition coefficient (Wildman–Crippen LogP) is -0.0593. The van der Waals surface area contributed by atoms with Gasteiger partial charge in [0.15, 0.2) is 9.84 Å². The Labute approximate surface area is 72.8 Å². The van der Waals surface area contributed by atoms with Gasteiger partial charge in [-0.15, -0.1) is 0 Å². The number of amidine groups is 1. The van der Waals surface area contributed by atoms with Crippen molar-refractivity contribution in [3.8, 4) is 0 Å². The number of aliphatic imine (C=N–C) groups is 1. The van der Waals surface area contributed by atoms with Crippen LogP contribution in [0.1, 0.15) is 20.3 Å². The third kappa shape index (κ3) is 2.20. The molecular formula is C7H14N2O2S. The summed E-state index contributed by atoms with van der Waals surface area (Å²) in [5.41, 5.74) is 4.93. The maximum atomic E-state index is 11.1. The summed E-state index contributed by atoms with van der Waals surface area (Å²) in [4.78, 5) is 4.12. The summed E-state index contributed by atoms with van der Waals surface area (Å²) >= 11 is 0. The molecule has 1 saturated heterocycles. The zero-order chi connectivity index (χ0) is 9.41. The van der Waals surface area contributed by atoms with E-state index in [0.717, 1.165) is 0 Å². The number of rotatable bonds is 1. The van der Waals surface area contributed by atoms with Gasteiger partial charge in [-0.3, -0.25) is 4.99 Å². The highest BCUT2D eigenvalue weighted by molar-refractivity contribution is 7.91. The number of sulfone groups is 1. The molecule has 12 heavy (non-hydrogen) atoms. The number of hydrogen-bond acceptors (Lipinski definition) is 3. The second kappa shape index (κ2) is 2.73. The smallest absolute Gasteiger partial charge is 0.152 e. The molecule has 4 nitrogen and oxygen atoms in total. The molecule has 1 rings (SSSR count). The fourth-order valence-electron chi connectivity index (χ4n) is 1.51. The van der Waals surface area contributed by atoms with E-state index in [4.69, 9.17) is 5.73 Å². The van der Waals surface area contributed by atoms with Gasteiger partial charge in [-0.2, -0.15) is 0 Å². The van der Waals surface area contributed by atoms with Crippen LogP contribution in [-0.2, 0) is 9.84 Å². The SMILES string of the molecule is CC(N)=NC1(C)CCS(=O)(=O)C1. The Morgan fingerprint density at radius 3 is 2.50 bits per heavy atom. The quantitative estimate of drug-likeness (QED) is 0.465. The maximum absolute atomic E-state index is 11.1. The molecule has 0 radical (unpaired) electrons. The van der Waals surface area contributed by atoms with Crippen LogP contribution in [0.5, 0.6) is 0 Å². The van der Waals surface area contributed by atoms with E-state index in [1.165, 1.54) is 0 Å². The Balaban J connectivity index is 2.86. The fourth-order valence-corrected chi connectivity index (χ4v) is 3.56. The third-order valence-electron chi connectivity index (χ3n) is 1.93. The van der Waals surface area contributed by atoms with Crippen LogP contribution in [0, 0.1) is 0 Å². The molecular weight excluding hydrogens is 176 g/mol. The third-order valence-corrected chi connectivity index (χ3v) is 3.82. The van der Waals surface area contributed by atoms with Gasteiger partial charge < -0.3 is 5.73 Å². The molecule has 1 aliphatic heterocycles. The molecule has 1 heterocycles. The largest absolute Gasteiger partial charge is 0.388 e. The summed E-state index contributed by atoms with van der Waals surface area (Å²) in [6.07, 6.45) is 0.587. The molecule has 0 saturated carbocycles. The van der Waals surface area contributed by atoms with Crippen LogP contribution >= 0.6 is 0 Å². The van der Waals surface area contributed by atoms with Crippen molar-refractivity contribution in [2.75, 3.05) is 11.5 Å². The van der Waals surface area contributed by atoms with E-state index >= 15 is 0 Å². The van der Waals surface area contributed by atoms with Gasteiger partial charge in [0.05, 0.1) is 22.9 Å². The lowest BCUT2D eigenvalue weighted by Gasteiger charge is -2.15. The Morgan fingerprint density at radius 2 is 2.17 bits per heavy atom. The highest BCUT2D eigenvalue weighted by Gasteiger charge is 2.37. The van der Waals surface area contributed by atoms with Crippen LogP contribution in [-0.4, -0.2) is 31.3 Å². The van der Waals surface area contributed by atoms with Crippen LogP contribution in [0.15, 0.2) is 4.99 Å². The molecule has 70 valence electrons. The normalized spacial score (nSPS) is 35.3. The molecule has 1 aliphatic rings. The molecule has 2 N–H and O–H groups in total. The average Bonchev–Trinajstić information content (AvgIpc) is 2.03. The molecule has 0 aromatic heterocycles. The lowest BCUT2D eigenvalue weighted by Crippen LogP contribution is -2.26. The zero-order valence-electron chi connectivity index (χ0n) is 7.37. The van der Waals surface area contributed by atoms with Gasteiger partial charge in [-0.1, -0.05) is 0 Å². The topological polar surface area (TPSA) is 72.5 Å². The van der Waals surface area contributed by atoms with Crippen LogP contribution in [0.25, 0.3) is 0 Å². The summed E-state index contributed by atoms with van der Waals surface area (Å²) in [5.74, 6) is 0.823. The second-order valence-electron chi connectivity index (χ2n) is 3.59. The van der Waals surface area contributed by atoms with E-state index in [1.807, 2.05) is 6.92 Å². The maximum Gasteiger partial charge on any atom is 0.152 e. The molecule has 0 aliphatic carbocycles. The first-order valence-electron chi connectivity index (χ1n) is 3.85. The summed E-state index contributed by atoms with van der Waals surface area (Å²) in [6, 6.07) is 0. The summed E-state index contributed by atoms with van der Waals surface area (Å²) < 4.78 is 22.2. The van der Waals surface area contributed by atoms with E-state index in [2.05, 4.69) is 4.99 Å². The summed E-state index contributed by atoms with van der Waals surface area (Å²) in [5, 5.41) is 0. The van der Waals surface area contributed by atoms with Crippen molar-refractivity contribution in [2.24, 2.45) is 10.7 Å². The number of nitrogens with two attached hydrogens (primary N) is 1. The van der Waals surface area contributed by atoms with E-state index in [9.17, 15) is 8.42 Å². The van der Waals surface area contributed by atoms with Crippen molar-refractivity contribution < 1.29 is 8.42 Å². The highest BCUT2D eigenvalue weighted by atomic mass is 32.2. The fraction of sp³-hybridized carbons (Fsp3) is 0.857. The van der Waals surface area contributed by atoms with Crippen LogP contribution in [0.4, 0.5) is 0 Å². The highest BCUT2D eigenvalue weighted by Crippen LogP contribution is 2.26. The Hall–Kier alpha value is -0.580. The first-order chi connectivity index (χ1) is 5.33. The second-order valence-corrected chi connectivity index (χ2v) is 5.78. The predicted molar refractivity (Wildman–Crippen MR) is 49.0 cm³/mol. The molecule has 5 heteroatoms. The molecule has 1 unspecified atom stereocenters. The lowest BCUT2D eigenvalue weighted by molar-refractivity contribution is 0.533. The van der Waals surface area contributed by atoms with Gasteiger partial charge >= 0.3 is 0 Å². The van der Waals surface area contributed by atoms with Crippen molar-refractivity contribution >= 4 is 15.7 Å². The monoisotopic (exact) mass is 190 g/mol. The lowest BCUT2D eigenvalue weighted by atomic mass is 10.0. The number of nitrogens with zero attached hydrogens (tertiary/aromatic N) is 1. The zero-order valence-corrected chi connectivity index (χ0v) is 8.19. The van der Waals surface area contributed by atoms with E-state index in [0.29, 0.717) is 12.3 Å². The minimum atomic E-state index is -2.86.